The van der Waals surface area contributed by atoms with Crippen LogP contribution in [0.5, 0.6) is 0 Å². The lowest BCUT2D eigenvalue weighted by molar-refractivity contribution is 0.658. The second-order valence-electron chi connectivity index (χ2n) is 3.08. The molecule has 0 aliphatic rings. The van der Waals surface area contributed by atoms with Gasteiger partial charge in [-0.1, -0.05) is 11.1 Å². The summed E-state index contributed by atoms with van der Waals surface area (Å²) in [5, 5.41) is 0. The van der Waals surface area contributed by atoms with Crippen molar-refractivity contribution in [3.63, 3.8) is 0 Å². The van der Waals surface area contributed by atoms with Crippen molar-refractivity contribution < 1.29 is 0 Å². The number of hydrogen-bond acceptors (Lipinski definition) is 1. The Morgan fingerprint density at radius 2 is 1.50 bits per heavy atom. The van der Waals surface area contributed by atoms with Crippen molar-refractivity contribution >= 4 is 0 Å². The largest absolute Gasteiger partial charge is 0.327 e. The van der Waals surface area contributed by atoms with Crippen LogP contribution >= 0.6 is 0 Å². The van der Waals surface area contributed by atoms with E-state index in [2.05, 4.69) is 13.2 Å². The van der Waals surface area contributed by atoms with Crippen LogP contribution in [0.25, 0.3) is 0 Å². The number of nitrogens with two attached hydrogens (primary N) is 1. The van der Waals surface area contributed by atoms with Gasteiger partial charge in [0.15, 0.2) is 0 Å². The summed E-state index contributed by atoms with van der Waals surface area (Å²) in [6, 6.07) is 0.218. The second kappa shape index (κ2) is 4.29. The van der Waals surface area contributed by atoms with Crippen LogP contribution in [0.1, 0.15) is 26.7 Å². The van der Waals surface area contributed by atoms with E-state index in [0.717, 1.165) is 24.0 Å². The van der Waals surface area contributed by atoms with Crippen LogP contribution in [0.3, 0.4) is 0 Å². The molecule has 0 aliphatic heterocycles. The van der Waals surface area contributed by atoms with Gasteiger partial charge in [-0.2, -0.15) is 0 Å². The molecular weight excluding hydrogens is 122 g/mol. The first-order chi connectivity index (χ1) is 4.52. The zero-order valence-corrected chi connectivity index (χ0v) is 6.98. The summed E-state index contributed by atoms with van der Waals surface area (Å²) in [5.41, 5.74) is 8.05. The highest BCUT2D eigenvalue weighted by molar-refractivity contribution is 4.98. The highest BCUT2D eigenvalue weighted by atomic mass is 14.6. The number of hydrogen-bond donors (Lipinski definition) is 1. The maximum Gasteiger partial charge on any atom is 0.0113 e. The van der Waals surface area contributed by atoms with E-state index < -0.39 is 0 Å². The van der Waals surface area contributed by atoms with Crippen LogP contribution in [0.4, 0.5) is 0 Å². The molecule has 0 unspecified atom stereocenters. The summed E-state index contributed by atoms with van der Waals surface area (Å²) >= 11 is 0. The Morgan fingerprint density at radius 1 is 1.20 bits per heavy atom. The topological polar surface area (TPSA) is 26.0 Å². The minimum Gasteiger partial charge on any atom is -0.327 e. The summed E-state index contributed by atoms with van der Waals surface area (Å²) in [7, 11) is 0. The molecule has 0 heterocycles. The van der Waals surface area contributed by atoms with Crippen LogP contribution in [0, 0.1) is 0 Å². The normalized spacial score (nSPS) is 10.0. The van der Waals surface area contributed by atoms with Gasteiger partial charge < -0.3 is 5.73 Å². The predicted octanol–water partition coefficient (Wildman–Crippen LogP) is 2.25. The van der Waals surface area contributed by atoms with Gasteiger partial charge in [-0.25, -0.2) is 0 Å². The molecule has 0 rings (SSSR count). The Bertz CT molecular complexity index is 120. The van der Waals surface area contributed by atoms with Crippen molar-refractivity contribution in [2.24, 2.45) is 5.73 Å². The highest BCUT2D eigenvalue weighted by Gasteiger charge is 2.01. The average Bonchev–Trinajstić information content (AvgIpc) is 1.58. The summed E-state index contributed by atoms with van der Waals surface area (Å²) in [6.45, 7) is 11.6. The second-order valence-corrected chi connectivity index (χ2v) is 3.08. The monoisotopic (exact) mass is 139 g/mol. The van der Waals surface area contributed by atoms with Crippen molar-refractivity contribution in [3.8, 4) is 0 Å². The van der Waals surface area contributed by atoms with Gasteiger partial charge in [-0.05, 0) is 26.7 Å². The molecule has 0 saturated heterocycles. The summed E-state index contributed by atoms with van der Waals surface area (Å²) in [6.07, 6.45) is 1.82. The van der Waals surface area contributed by atoms with Crippen molar-refractivity contribution in [1.82, 2.24) is 0 Å². The van der Waals surface area contributed by atoms with Crippen LogP contribution in [-0.4, -0.2) is 6.04 Å². The minimum atomic E-state index is 0.218. The third-order valence-electron chi connectivity index (χ3n) is 1.22. The molecule has 58 valence electrons. The Morgan fingerprint density at radius 3 is 1.70 bits per heavy atom. The maximum absolute atomic E-state index is 5.75. The van der Waals surface area contributed by atoms with Crippen molar-refractivity contribution in [2.75, 3.05) is 0 Å². The van der Waals surface area contributed by atoms with Crippen LogP contribution in [0.2, 0.25) is 0 Å². The zero-order chi connectivity index (χ0) is 8.15. The van der Waals surface area contributed by atoms with E-state index in [1.807, 2.05) is 13.8 Å². The summed E-state index contributed by atoms with van der Waals surface area (Å²) in [5.74, 6) is 0. The molecular formula is C9H17N. The molecule has 0 bridgehead atoms. The van der Waals surface area contributed by atoms with Crippen molar-refractivity contribution in [3.05, 3.63) is 24.3 Å². The molecule has 0 saturated carbocycles. The quantitative estimate of drug-likeness (QED) is 0.594. The molecule has 0 atom stereocenters. The zero-order valence-electron chi connectivity index (χ0n) is 6.98. The average molecular weight is 139 g/mol. The van der Waals surface area contributed by atoms with Crippen LogP contribution in [-0.2, 0) is 0 Å². The molecule has 0 aromatic heterocycles. The third kappa shape index (κ3) is 5.57. The van der Waals surface area contributed by atoms with E-state index in [9.17, 15) is 0 Å². The fraction of sp³-hybridized carbons (Fsp3) is 0.556. The molecule has 10 heavy (non-hydrogen) atoms. The van der Waals surface area contributed by atoms with Crippen LogP contribution < -0.4 is 5.73 Å². The third-order valence-corrected chi connectivity index (χ3v) is 1.22. The molecule has 0 amide bonds. The van der Waals surface area contributed by atoms with E-state index in [1.165, 1.54) is 0 Å². The smallest absolute Gasteiger partial charge is 0.0113 e. The van der Waals surface area contributed by atoms with E-state index in [0.29, 0.717) is 0 Å². The first-order valence-corrected chi connectivity index (χ1v) is 3.56. The fourth-order valence-electron chi connectivity index (χ4n) is 0.967. The molecule has 1 nitrogen and oxygen atoms in total. The van der Waals surface area contributed by atoms with Crippen LogP contribution in [0.15, 0.2) is 24.3 Å². The molecule has 0 spiro atoms. The maximum atomic E-state index is 5.75. The van der Waals surface area contributed by atoms with Gasteiger partial charge >= 0.3 is 0 Å². The molecule has 0 radical (unpaired) electrons. The summed E-state index contributed by atoms with van der Waals surface area (Å²) < 4.78 is 0. The lowest BCUT2D eigenvalue weighted by Gasteiger charge is -2.09. The predicted molar refractivity (Wildman–Crippen MR) is 46.8 cm³/mol. The Balaban J connectivity index is 3.53. The van der Waals surface area contributed by atoms with Crippen molar-refractivity contribution in [2.45, 2.75) is 32.7 Å². The van der Waals surface area contributed by atoms with Gasteiger partial charge in [0.25, 0.3) is 0 Å². The molecule has 0 fully saturated rings. The fourth-order valence-corrected chi connectivity index (χ4v) is 0.967. The Labute approximate surface area is 63.6 Å². The molecule has 0 aliphatic carbocycles. The standard InChI is InChI=1S/C9H17N/c1-7(2)5-9(10)6-8(3)4/h9H,1,3,5-6,10H2,2,4H3. The Hall–Kier alpha value is -0.560. The molecule has 0 aromatic carbocycles. The van der Waals surface area contributed by atoms with E-state index in [1.54, 1.807) is 0 Å². The molecule has 1 heteroatoms. The van der Waals surface area contributed by atoms with E-state index in [4.69, 9.17) is 5.73 Å². The molecule has 2 N–H and O–H groups in total. The summed E-state index contributed by atoms with van der Waals surface area (Å²) in [4.78, 5) is 0. The van der Waals surface area contributed by atoms with E-state index in [-0.39, 0.29) is 6.04 Å². The van der Waals surface area contributed by atoms with Gasteiger partial charge in [0.05, 0.1) is 0 Å². The lowest BCUT2D eigenvalue weighted by atomic mass is 10.0. The van der Waals surface area contributed by atoms with Crippen molar-refractivity contribution in [1.29, 1.82) is 0 Å². The highest BCUT2D eigenvalue weighted by Crippen LogP contribution is 2.07. The lowest BCUT2D eigenvalue weighted by Crippen LogP contribution is -2.19. The SMILES string of the molecule is C=C(C)CC(N)CC(=C)C. The van der Waals surface area contributed by atoms with E-state index >= 15 is 0 Å². The number of rotatable bonds is 4. The van der Waals surface area contributed by atoms with Gasteiger partial charge in [-0.3, -0.25) is 0 Å². The van der Waals surface area contributed by atoms with Gasteiger partial charge in [0, 0.05) is 6.04 Å². The minimum absolute atomic E-state index is 0.218. The Kier molecular flexibility index (Phi) is 4.05. The first-order valence-electron chi connectivity index (χ1n) is 3.56. The molecule has 0 aromatic rings. The van der Waals surface area contributed by atoms with Gasteiger partial charge in [0.1, 0.15) is 0 Å². The van der Waals surface area contributed by atoms with Gasteiger partial charge in [-0.15, -0.1) is 13.2 Å². The first kappa shape index (κ1) is 9.44. The van der Waals surface area contributed by atoms with Gasteiger partial charge in [0.2, 0.25) is 0 Å².